The Morgan fingerprint density at radius 3 is 2.32 bits per heavy atom. The van der Waals surface area contributed by atoms with Gasteiger partial charge in [0.1, 0.15) is 11.6 Å². The van der Waals surface area contributed by atoms with Gasteiger partial charge in [0, 0.05) is 0 Å². The molecule has 0 fully saturated rings. The predicted octanol–water partition coefficient (Wildman–Crippen LogP) is 2.05. The van der Waals surface area contributed by atoms with E-state index in [1.807, 2.05) is 19.1 Å². The summed E-state index contributed by atoms with van der Waals surface area (Å²) >= 11 is 0. The van der Waals surface area contributed by atoms with Crippen molar-refractivity contribution in [1.29, 1.82) is 0 Å². The Bertz CT molecular complexity index is 478. The van der Waals surface area contributed by atoms with E-state index in [2.05, 4.69) is 5.32 Å². The highest BCUT2D eigenvalue weighted by molar-refractivity contribution is 5.85. The van der Waals surface area contributed by atoms with Crippen molar-refractivity contribution in [2.75, 3.05) is 0 Å². The first-order valence-electron chi connectivity index (χ1n) is 6.05. The molecule has 1 unspecified atom stereocenters. The van der Waals surface area contributed by atoms with Crippen LogP contribution in [0.15, 0.2) is 24.3 Å². The highest BCUT2D eigenvalue weighted by atomic mass is 16.6. The van der Waals surface area contributed by atoms with Gasteiger partial charge in [0.25, 0.3) is 0 Å². The summed E-state index contributed by atoms with van der Waals surface area (Å²) in [5.74, 6) is -0.625. The van der Waals surface area contributed by atoms with Crippen molar-refractivity contribution in [3.63, 3.8) is 0 Å². The van der Waals surface area contributed by atoms with Crippen LogP contribution in [0.5, 0.6) is 0 Å². The third kappa shape index (κ3) is 4.62. The van der Waals surface area contributed by atoms with Crippen molar-refractivity contribution in [3.8, 4) is 0 Å². The van der Waals surface area contributed by atoms with E-state index in [1.54, 1.807) is 32.9 Å². The molecule has 5 heteroatoms. The second-order valence-electron chi connectivity index (χ2n) is 5.34. The number of hydrogen-bond donors (Lipinski definition) is 2. The highest BCUT2D eigenvalue weighted by Crippen LogP contribution is 2.18. The zero-order valence-corrected chi connectivity index (χ0v) is 11.7. The second-order valence-corrected chi connectivity index (χ2v) is 5.34. The second kappa shape index (κ2) is 5.73. The van der Waals surface area contributed by atoms with Gasteiger partial charge in [-0.1, -0.05) is 24.3 Å². The molecule has 5 nitrogen and oxygen atoms in total. The number of benzene rings is 1. The summed E-state index contributed by atoms with van der Waals surface area (Å²) in [5, 5.41) is 2.49. The first-order valence-corrected chi connectivity index (χ1v) is 6.05. The van der Waals surface area contributed by atoms with Gasteiger partial charge < -0.3 is 15.8 Å². The Morgan fingerprint density at radius 2 is 1.84 bits per heavy atom. The topological polar surface area (TPSA) is 81.4 Å². The van der Waals surface area contributed by atoms with Gasteiger partial charge in [-0.05, 0) is 38.8 Å². The lowest BCUT2D eigenvalue weighted by atomic mass is 10.0. The fourth-order valence-electron chi connectivity index (χ4n) is 1.64. The number of ether oxygens (including phenoxy) is 1. The summed E-state index contributed by atoms with van der Waals surface area (Å²) in [4.78, 5) is 23.2. The molecular formula is C14H20N2O3. The van der Waals surface area contributed by atoms with E-state index in [-0.39, 0.29) is 0 Å². The lowest BCUT2D eigenvalue weighted by Gasteiger charge is -2.23. The fourth-order valence-corrected chi connectivity index (χ4v) is 1.64. The number of rotatable bonds is 3. The average molecular weight is 264 g/mol. The van der Waals surface area contributed by atoms with Crippen LogP contribution >= 0.6 is 0 Å². The average Bonchev–Trinajstić information content (AvgIpc) is 2.24. The Kier molecular flexibility index (Phi) is 4.53. The van der Waals surface area contributed by atoms with Crippen molar-refractivity contribution in [2.45, 2.75) is 39.3 Å². The lowest BCUT2D eigenvalue weighted by molar-refractivity contribution is -0.120. The number of aryl methyl sites for hydroxylation is 1. The first kappa shape index (κ1) is 15.0. The normalized spacial score (nSPS) is 12.6. The SMILES string of the molecule is Cc1ccccc1C(NC(=O)OC(C)(C)C)C(N)=O. The summed E-state index contributed by atoms with van der Waals surface area (Å²) in [6.45, 7) is 7.10. The highest BCUT2D eigenvalue weighted by Gasteiger charge is 2.24. The Balaban J connectivity index is 2.89. The van der Waals surface area contributed by atoms with Crippen LogP contribution in [0.1, 0.15) is 37.9 Å². The van der Waals surface area contributed by atoms with Crippen molar-refractivity contribution >= 4 is 12.0 Å². The van der Waals surface area contributed by atoms with Gasteiger partial charge in [-0.15, -0.1) is 0 Å². The van der Waals surface area contributed by atoms with E-state index >= 15 is 0 Å². The largest absolute Gasteiger partial charge is 0.444 e. The van der Waals surface area contributed by atoms with Crippen LogP contribution in [0.2, 0.25) is 0 Å². The first-order chi connectivity index (χ1) is 8.70. The number of carbonyl (C=O) groups is 2. The van der Waals surface area contributed by atoms with Crippen molar-refractivity contribution in [1.82, 2.24) is 5.32 Å². The Labute approximate surface area is 113 Å². The van der Waals surface area contributed by atoms with Crippen molar-refractivity contribution in [2.24, 2.45) is 5.73 Å². The van der Waals surface area contributed by atoms with Crippen LogP contribution in [0.4, 0.5) is 4.79 Å². The number of nitrogens with two attached hydrogens (primary N) is 1. The van der Waals surface area contributed by atoms with Crippen LogP contribution in [0, 0.1) is 6.92 Å². The Hall–Kier alpha value is -2.04. The number of primary amides is 1. The molecule has 104 valence electrons. The van der Waals surface area contributed by atoms with Gasteiger partial charge >= 0.3 is 6.09 Å². The van der Waals surface area contributed by atoms with Crippen molar-refractivity contribution < 1.29 is 14.3 Å². The van der Waals surface area contributed by atoms with Crippen molar-refractivity contribution in [3.05, 3.63) is 35.4 Å². The molecule has 3 N–H and O–H groups in total. The monoisotopic (exact) mass is 264 g/mol. The molecule has 0 heterocycles. The van der Waals surface area contributed by atoms with Gasteiger partial charge in [-0.2, -0.15) is 0 Å². The van der Waals surface area contributed by atoms with Gasteiger partial charge in [0.2, 0.25) is 5.91 Å². The molecule has 0 radical (unpaired) electrons. The zero-order chi connectivity index (χ0) is 14.6. The molecule has 1 atom stereocenters. The third-order valence-electron chi connectivity index (χ3n) is 2.45. The standard InChI is InChI=1S/C14H20N2O3/c1-9-7-5-6-8-10(9)11(12(15)17)16-13(18)19-14(2,3)4/h5-8,11H,1-4H3,(H2,15,17)(H,16,18). The Morgan fingerprint density at radius 1 is 1.26 bits per heavy atom. The maximum absolute atomic E-state index is 11.7. The van der Waals surface area contributed by atoms with E-state index in [1.165, 1.54) is 0 Å². The van der Waals surface area contributed by atoms with E-state index in [0.717, 1.165) is 5.56 Å². The molecule has 0 spiro atoms. The zero-order valence-electron chi connectivity index (χ0n) is 11.7. The quantitative estimate of drug-likeness (QED) is 0.876. The van der Waals surface area contributed by atoms with Gasteiger partial charge in [0.15, 0.2) is 0 Å². The van der Waals surface area contributed by atoms with E-state index in [0.29, 0.717) is 5.56 Å². The summed E-state index contributed by atoms with van der Waals surface area (Å²) in [6.07, 6.45) is -0.667. The summed E-state index contributed by atoms with van der Waals surface area (Å²) in [6, 6.07) is 6.35. The molecule has 0 saturated heterocycles. The molecule has 2 amide bonds. The van der Waals surface area contributed by atoms with Crippen LogP contribution in [-0.2, 0) is 9.53 Å². The molecule has 1 aromatic carbocycles. The van der Waals surface area contributed by atoms with Gasteiger partial charge in [-0.25, -0.2) is 4.79 Å². The van der Waals surface area contributed by atoms with Crippen LogP contribution in [-0.4, -0.2) is 17.6 Å². The molecule has 0 bridgehead atoms. The molecule has 19 heavy (non-hydrogen) atoms. The fraction of sp³-hybridized carbons (Fsp3) is 0.429. The maximum Gasteiger partial charge on any atom is 0.408 e. The molecule has 0 saturated carbocycles. The molecule has 0 aliphatic carbocycles. The minimum atomic E-state index is -0.893. The summed E-state index contributed by atoms with van der Waals surface area (Å²) in [5.41, 5.74) is 6.26. The van der Waals surface area contributed by atoms with Crippen LogP contribution in [0.3, 0.4) is 0 Å². The minimum Gasteiger partial charge on any atom is -0.444 e. The number of nitrogens with one attached hydrogen (secondary N) is 1. The summed E-state index contributed by atoms with van der Waals surface area (Å²) < 4.78 is 5.12. The molecule has 0 aliphatic rings. The molecule has 0 aromatic heterocycles. The molecular weight excluding hydrogens is 244 g/mol. The summed E-state index contributed by atoms with van der Waals surface area (Å²) in [7, 11) is 0. The van der Waals surface area contributed by atoms with Gasteiger partial charge in [0.05, 0.1) is 0 Å². The smallest absolute Gasteiger partial charge is 0.408 e. The number of carbonyl (C=O) groups excluding carboxylic acids is 2. The molecule has 1 rings (SSSR count). The van der Waals surface area contributed by atoms with E-state index in [9.17, 15) is 9.59 Å². The minimum absolute atomic E-state index is 0.625. The number of alkyl carbamates (subject to hydrolysis) is 1. The van der Waals surface area contributed by atoms with Crippen LogP contribution in [0.25, 0.3) is 0 Å². The maximum atomic E-state index is 11.7. The molecule has 0 aliphatic heterocycles. The van der Waals surface area contributed by atoms with Crippen LogP contribution < -0.4 is 11.1 Å². The lowest BCUT2D eigenvalue weighted by Crippen LogP contribution is -2.40. The van der Waals surface area contributed by atoms with Gasteiger partial charge in [-0.3, -0.25) is 4.79 Å². The number of hydrogen-bond acceptors (Lipinski definition) is 3. The predicted molar refractivity (Wildman–Crippen MR) is 72.5 cm³/mol. The van der Waals surface area contributed by atoms with E-state index < -0.39 is 23.6 Å². The molecule has 1 aromatic rings. The third-order valence-corrected chi connectivity index (χ3v) is 2.45. The van der Waals surface area contributed by atoms with E-state index in [4.69, 9.17) is 10.5 Å². The number of amides is 2.